The zero-order chi connectivity index (χ0) is 37.2. The maximum Gasteiger partial charge on any atom is 0.412 e. The summed E-state index contributed by atoms with van der Waals surface area (Å²) in [5, 5.41) is 8.97. The highest BCUT2D eigenvalue weighted by molar-refractivity contribution is 6.00. The van der Waals surface area contributed by atoms with Crippen LogP contribution >= 0.6 is 0 Å². The Hall–Kier alpha value is -4.11. The van der Waals surface area contributed by atoms with Gasteiger partial charge in [-0.2, -0.15) is 5.10 Å². The Morgan fingerprint density at radius 2 is 1.79 bits per heavy atom. The van der Waals surface area contributed by atoms with Crippen molar-refractivity contribution >= 4 is 34.6 Å². The van der Waals surface area contributed by atoms with Gasteiger partial charge in [-0.05, 0) is 96.1 Å². The van der Waals surface area contributed by atoms with Crippen molar-refractivity contribution in [2.24, 2.45) is 13.0 Å². The van der Waals surface area contributed by atoms with Crippen LogP contribution in [0.25, 0.3) is 11.0 Å². The zero-order valence-electron chi connectivity index (χ0n) is 30.5. The van der Waals surface area contributed by atoms with E-state index in [-0.39, 0.29) is 35.9 Å². The number of para-hydroxylation sites is 1. The summed E-state index contributed by atoms with van der Waals surface area (Å²) in [5.41, 5.74) is 1.07. The van der Waals surface area contributed by atoms with Gasteiger partial charge >= 0.3 is 11.8 Å². The number of halogens is 2. The molecule has 15 heteroatoms. The number of likely N-dealkylation sites (tertiary alicyclic amines) is 1. The first kappa shape index (κ1) is 37.6. The first-order valence-corrected chi connectivity index (χ1v) is 18.5. The molecule has 1 aliphatic carbocycles. The molecular formula is C37H51F2N7O6. The van der Waals surface area contributed by atoms with Crippen molar-refractivity contribution in [2.75, 3.05) is 31.6 Å². The molecule has 1 atom stereocenters. The van der Waals surface area contributed by atoms with Crippen molar-refractivity contribution in [1.82, 2.24) is 29.1 Å². The van der Waals surface area contributed by atoms with E-state index in [1.165, 1.54) is 10.8 Å². The molecule has 3 fully saturated rings. The number of alkyl halides is 2. The molecule has 2 saturated heterocycles. The number of hydrogen-bond donors (Lipinski definition) is 2. The van der Waals surface area contributed by atoms with E-state index in [2.05, 4.69) is 20.6 Å². The Morgan fingerprint density at radius 1 is 1.06 bits per heavy atom. The quantitative estimate of drug-likeness (QED) is 0.191. The molecule has 3 aliphatic rings. The van der Waals surface area contributed by atoms with Crippen molar-refractivity contribution in [3.63, 3.8) is 0 Å². The summed E-state index contributed by atoms with van der Waals surface area (Å²) in [6.07, 6.45) is 5.72. The first-order valence-electron chi connectivity index (χ1n) is 18.5. The van der Waals surface area contributed by atoms with E-state index < -0.39 is 35.8 Å². The van der Waals surface area contributed by atoms with Crippen LogP contribution in [0.15, 0.2) is 29.2 Å². The maximum atomic E-state index is 13.7. The molecule has 52 heavy (non-hydrogen) atoms. The predicted octanol–water partition coefficient (Wildman–Crippen LogP) is 5.64. The van der Waals surface area contributed by atoms with Crippen LogP contribution in [0.2, 0.25) is 0 Å². The van der Waals surface area contributed by atoms with Crippen molar-refractivity contribution in [1.29, 1.82) is 0 Å². The number of carbonyl (C=O) groups excluding carboxylic acids is 3. The van der Waals surface area contributed by atoms with Crippen molar-refractivity contribution in [3.05, 3.63) is 46.1 Å². The Kier molecular flexibility index (Phi) is 11.5. The second-order valence-electron chi connectivity index (χ2n) is 15.4. The minimum absolute atomic E-state index is 0.00387. The van der Waals surface area contributed by atoms with E-state index in [0.717, 1.165) is 82.1 Å². The fourth-order valence-electron chi connectivity index (χ4n) is 7.94. The fraction of sp³-hybridized carbons (Fsp3) is 0.649. The smallest absolute Gasteiger partial charge is 0.412 e. The third-order valence-corrected chi connectivity index (χ3v) is 10.5. The lowest BCUT2D eigenvalue weighted by Crippen LogP contribution is -2.44. The largest absolute Gasteiger partial charge is 0.444 e. The van der Waals surface area contributed by atoms with E-state index in [1.54, 1.807) is 37.1 Å². The lowest BCUT2D eigenvalue weighted by atomic mass is 9.85. The number of rotatable bonds is 11. The van der Waals surface area contributed by atoms with Gasteiger partial charge < -0.3 is 14.4 Å². The molecular weight excluding hydrogens is 676 g/mol. The van der Waals surface area contributed by atoms with Crippen LogP contribution in [0.4, 0.5) is 19.3 Å². The summed E-state index contributed by atoms with van der Waals surface area (Å²) in [6, 6.07) is 5.08. The minimum Gasteiger partial charge on any atom is -0.444 e. The second-order valence-corrected chi connectivity index (χ2v) is 15.4. The zero-order valence-corrected chi connectivity index (χ0v) is 30.5. The lowest BCUT2D eigenvalue weighted by molar-refractivity contribution is -0.135. The van der Waals surface area contributed by atoms with Crippen molar-refractivity contribution < 1.29 is 32.6 Å². The van der Waals surface area contributed by atoms with Gasteiger partial charge in [0, 0.05) is 45.9 Å². The molecule has 6 rings (SSSR count). The molecule has 284 valence electrons. The number of nitrogens with one attached hydrogen (secondary N) is 2. The molecule has 13 nitrogen and oxygen atoms in total. The monoisotopic (exact) mass is 727 g/mol. The van der Waals surface area contributed by atoms with E-state index in [9.17, 15) is 28.0 Å². The van der Waals surface area contributed by atoms with Crippen LogP contribution in [-0.2, 0) is 32.5 Å². The van der Waals surface area contributed by atoms with Crippen molar-refractivity contribution in [2.45, 2.75) is 115 Å². The summed E-state index contributed by atoms with van der Waals surface area (Å²) in [5.74, 6) is -0.220. The number of carbonyl (C=O) groups is 3. The van der Waals surface area contributed by atoms with Crippen LogP contribution in [0.1, 0.15) is 108 Å². The molecule has 2 aliphatic heterocycles. The van der Waals surface area contributed by atoms with Gasteiger partial charge in [-0.1, -0.05) is 12.1 Å². The Bertz CT molecular complexity index is 1810. The highest BCUT2D eigenvalue weighted by Gasteiger charge is 2.32. The molecule has 3 aromatic rings. The molecule has 1 unspecified atom stereocenters. The number of piperidine rings is 2. The van der Waals surface area contributed by atoms with Crippen LogP contribution in [0.5, 0.6) is 0 Å². The van der Waals surface area contributed by atoms with E-state index >= 15 is 0 Å². The fourth-order valence-corrected chi connectivity index (χ4v) is 7.94. The van der Waals surface area contributed by atoms with Crippen LogP contribution < -0.4 is 16.3 Å². The number of nitrogens with zero attached hydrogens (tertiary/aromatic N) is 5. The normalized spacial score (nSPS) is 22.2. The first-order chi connectivity index (χ1) is 24.8. The highest BCUT2D eigenvalue weighted by Crippen LogP contribution is 2.36. The number of imidazole rings is 1. The molecule has 0 spiro atoms. The van der Waals surface area contributed by atoms with Crippen LogP contribution in [0.3, 0.4) is 0 Å². The Balaban J connectivity index is 0.929. The third kappa shape index (κ3) is 8.74. The standard InChI is InChI=1S/C37H51F2N7O6/c1-37(2,3)52-35(49)40-27-22-45(42-31(27)33(38)39)25-12-10-23(11-13-25)21-44-18-16-26(17-19-44)51-20-6-8-24-7-5-9-28-32(24)43(4)36(50)46(28)29-14-15-30(47)41-34(29)48/h5,7,9,22-23,25-26,29,33H,6,8,10-21H2,1-4H3,(H,40,49)(H,41,47,48). The van der Waals surface area contributed by atoms with Crippen molar-refractivity contribution in [3.8, 4) is 0 Å². The molecule has 0 bridgehead atoms. The van der Waals surface area contributed by atoms with Gasteiger partial charge in [0.2, 0.25) is 11.8 Å². The van der Waals surface area contributed by atoms with Crippen LogP contribution in [-0.4, -0.2) is 79.7 Å². The summed E-state index contributed by atoms with van der Waals surface area (Å²) >= 11 is 0. The summed E-state index contributed by atoms with van der Waals surface area (Å²) in [4.78, 5) is 52.2. The van der Waals surface area contributed by atoms with Gasteiger partial charge in [0.15, 0.2) is 5.69 Å². The lowest BCUT2D eigenvalue weighted by Gasteiger charge is -2.36. The molecule has 3 amide bonds. The predicted molar refractivity (Wildman–Crippen MR) is 190 cm³/mol. The molecule has 0 radical (unpaired) electrons. The van der Waals surface area contributed by atoms with Gasteiger partial charge in [-0.25, -0.2) is 18.4 Å². The molecule has 4 heterocycles. The molecule has 1 aromatic carbocycles. The number of benzene rings is 1. The molecule has 2 N–H and O–H groups in total. The summed E-state index contributed by atoms with van der Waals surface area (Å²) in [6.45, 7) is 8.70. The number of aromatic nitrogens is 4. The SMILES string of the molecule is Cn1c(=O)n(C2CCC(=O)NC2=O)c2cccc(CCCOC3CCN(CC4CCC(n5cc(NC(=O)OC(C)(C)C)c(C(F)F)n5)CC4)CC3)c21. The number of imide groups is 1. The maximum absolute atomic E-state index is 13.7. The second kappa shape index (κ2) is 15.9. The summed E-state index contributed by atoms with van der Waals surface area (Å²) in [7, 11) is 1.72. The Morgan fingerprint density at radius 3 is 2.46 bits per heavy atom. The summed E-state index contributed by atoms with van der Waals surface area (Å²) < 4.78 is 43.7. The van der Waals surface area contributed by atoms with E-state index in [0.29, 0.717) is 24.5 Å². The number of amides is 3. The number of anilines is 1. The third-order valence-electron chi connectivity index (χ3n) is 10.5. The number of fused-ring (bicyclic) bond motifs is 1. The minimum atomic E-state index is -2.81. The average Bonchev–Trinajstić information content (AvgIpc) is 3.62. The Labute approximate surface area is 302 Å². The molecule has 2 aromatic heterocycles. The van der Waals surface area contributed by atoms with E-state index in [1.807, 2.05) is 18.2 Å². The van der Waals surface area contributed by atoms with Gasteiger partial charge in [-0.3, -0.25) is 34.0 Å². The topological polar surface area (TPSA) is 142 Å². The van der Waals surface area contributed by atoms with E-state index in [4.69, 9.17) is 9.47 Å². The van der Waals surface area contributed by atoms with Crippen LogP contribution in [0, 0.1) is 5.92 Å². The van der Waals surface area contributed by atoms with Gasteiger partial charge in [0.05, 0.1) is 28.9 Å². The van der Waals surface area contributed by atoms with Gasteiger partial charge in [-0.15, -0.1) is 0 Å². The number of hydrogen-bond acceptors (Lipinski definition) is 8. The average molecular weight is 728 g/mol. The van der Waals surface area contributed by atoms with Gasteiger partial charge in [0.25, 0.3) is 6.43 Å². The number of aryl methyl sites for hydroxylation is 2. The number of ether oxygens (including phenoxy) is 2. The molecule has 1 saturated carbocycles. The van der Waals surface area contributed by atoms with Gasteiger partial charge in [0.1, 0.15) is 11.6 Å². The highest BCUT2D eigenvalue weighted by atomic mass is 19.3.